The first kappa shape index (κ1) is 15.2. The van der Waals surface area contributed by atoms with Crippen LogP contribution in [0, 0.1) is 0 Å². The molecule has 3 rings (SSSR count). The number of nitrogens with one attached hydrogen (secondary N) is 1. The molecule has 0 saturated carbocycles. The Kier molecular flexibility index (Phi) is 5.44. The molecule has 1 aliphatic heterocycles. The Morgan fingerprint density at radius 1 is 1.48 bits per heavy atom. The smallest absolute Gasteiger partial charge is 0.290 e. The Labute approximate surface area is 125 Å². The predicted molar refractivity (Wildman–Crippen MR) is 77.9 cm³/mol. The molecule has 1 fully saturated rings. The summed E-state index contributed by atoms with van der Waals surface area (Å²) in [4.78, 5) is 24.8. The van der Waals surface area contributed by atoms with E-state index in [9.17, 15) is 4.79 Å². The lowest BCUT2D eigenvalue weighted by Gasteiger charge is -2.17. The fraction of sp³-hybridized carbons (Fsp3) is 0.385. The number of aromatic nitrogens is 3. The van der Waals surface area contributed by atoms with Crippen molar-refractivity contribution in [1.29, 1.82) is 0 Å². The van der Waals surface area contributed by atoms with E-state index in [4.69, 9.17) is 9.90 Å². The molecule has 0 unspecified atom stereocenters. The summed E-state index contributed by atoms with van der Waals surface area (Å²) in [6, 6.07) is -0.148. The summed E-state index contributed by atoms with van der Waals surface area (Å²) < 4.78 is 6.05. The van der Waals surface area contributed by atoms with Crippen molar-refractivity contribution < 1.29 is 14.7 Å². The van der Waals surface area contributed by atoms with Gasteiger partial charge in [0.15, 0.2) is 0 Å². The number of carbonyl (C=O) groups excluding carboxylic acids is 1. The highest BCUT2D eigenvalue weighted by atomic mass is 32.1. The van der Waals surface area contributed by atoms with E-state index in [2.05, 4.69) is 14.7 Å². The summed E-state index contributed by atoms with van der Waals surface area (Å²) in [6.07, 6.45) is 8.38. The summed E-state index contributed by atoms with van der Waals surface area (Å²) in [6.45, 7) is 0.527. The number of hydrogen-bond acceptors (Lipinski definition) is 5. The molecule has 0 bridgehead atoms. The number of amides is 1. The topological polar surface area (TPSA) is 97.1 Å². The third kappa shape index (κ3) is 3.66. The van der Waals surface area contributed by atoms with Crippen molar-refractivity contribution in [2.24, 2.45) is 0 Å². The van der Waals surface area contributed by atoms with Crippen molar-refractivity contribution in [2.45, 2.75) is 25.3 Å². The lowest BCUT2D eigenvalue weighted by Crippen LogP contribution is -2.30. The Morgan fingerprint density at radius 3 is 3.00 bits per heavy atom. The number of hydrogen-bond donors (Lipinski definition) is 2. The maximum absolute atomic E-state index is 12.1. The minimum Gasteiger partial charge on any atom is -0.483 e. The number of nitrogens with zero attached hydrogens (tertiary/aromatic N) is 3. The molecule has 0 spiro atoms. The van der Waals surface area contributed by atoms with Crippen molar-refractivity contribution >= 4 is 23.9 Å². The van der Waals surface area contributed by atoms with Crippen molar-refractivity contribution in [3.8, 4) is 11.4 Å². The van der Waals surface area contributed by atoms with Gasteiger partial charge in [0.1, 0.15) is 11.9 Å². The average molecular weight is 308 g/mol. The molecule has 0 aromatic carbocycles. The van der Waals surface area contributed by atoms with Gasteiger partial charge in [0, 0.05) is 29.9 Å². The molecule has 1 atom stereocenters. The zero-order chi connectivity index (χ0) is 15.1. The summed E-state index contributed by atoms with van der Waals surface area (Å²) in [5.74, 6) is 0.917. The van der Waals surface area contributed by atoms with E-state index in [1.54, 1.807) is 12.4 Å². The maximum atomic E-state index is 12.1. The highest BCUT2D eigenvalue weighted by Crippen LogP contribution is 2.26. The molecule has 8 heteroatoms. The van der Waals surface area contributed by atoms with Crippen LogP contribution in [0.2, 0.25) is 0 Å². The van der Waals surface area contributed by atoms with Crippen molar-refractivity contribution in [3.05, 3.63) is 24.0 Å². The molecule has 0 radical (unpaired) electrons. The van der Waals surface area contributed by atoms with Crippen LogP contribution in [0.4, 0.5) is 0 Å². The minimum atomic E-state index is -0.250. The molecule has 2 aromatic heterocycles. The maximum Gasteiger partial charge on any atom is 0.290 e. The first-order valence-corrected chi connectivity index (χ1v) is 7.39. The fourth-order valence-corrected chi connectivity index (χ4v) is 2.81. The van der Waals surface area contributed by atoms with Crippen LogP contribution >= 0.6 is 11.5 Å². The zero-order valence-electron chi connectivity index (χ0n) is 11.3. The highest BCUT2D eigenvalue weighted by molar-refractivity contribution is 7.03. The highest BCUT2D eigenvalue weighted by Gasteiger charge is 2.24. The minimum absolute atomic E-state index is 0.0925. The van der Waals surface area contributed by atoms with Crippen molar-refractivity contribution in [2.75, 3.05) is 6.54 Å². The summed E-state index contributed by atoms with van der Waals surface area (Å²) in [5.41, 5.74) is 0.974. The second kappa shape index (κ2) is 7.53. The van der Waals surface area contributed by atoms with Crippen LogP contribution in [-0.4, -0.2) is 38.0 Å². The van der Waals surface area contributed by atoms with Gasteiger partial charge in [0.05, 0.1) is 6.20 Å². The van der Waals surface area contributed by atoms with Gasteiger partial charge >= 0.3 is 0 Å². The van der Waals surface area contributed by atoms with Crippen LogP contribution in [0.5, 0.6) is 0 Å². The lowest BCUT2D eigenvalue weighted by molar-refractivity contribution is -0.124. The Bertz CT molecular complexity index is 582. The molecule has 7 nitrogen and oxygen atoms in total. The van der Waals surface area contributed by atoms with Crippen LogP contribution in [-0.2, 0) is 9.59 Å². The number of imidazole rings is 1. The third-order valence-corrected chi connectivity index (χ3v) is 3.79. The van der Waals surface area contributed by atoms with Crippen LogP contribution in [0.3, 0.4) is 0 Å². The van der Waals surface area contributed by atoms with E-state index < -0.39 is 0 Å². The first-order chi connectivity index (χ1) is 10.3. The Morgan fingerprint density at radius 2 is 2.29 bits per heavy atom. The molecule has 2 N–H and O–H groups in total. The molecule has 3 heterocycles. The number of rotatable bonds is 2. The Hall–Kier alpha value is -2.22. The average Bonchev–Trinajstić information content (AvgIpc) is 3.10. The lowest BCUT2D eigenvalue weighted by atomic mass is 10.1. The van der Waals surface area contributed by atoms with Gasteiger partial charge in [-0.3, -0.25) is 9.59 Å². The standard InChI is InChI=1S/C12H14N4OS.CH2O2/c17-12-10(3-1-2-4-14-12)16-6-5-13-11(16)9-7-15-18-8-9;2-1-3/h5-8,10H,1-4H2,(H,14,17);1H,(H,2,3)/t10-;/m1./s1. The van der Waals surface area contributed by atoms with Gasteiger partial charge in [-0.25, -0.2) is 9.36 Å². The van der Waals surface area contributed by atoms with E-state index in [1.807, 2.05) is 16.1 Å². The molecule has 1 saturated heterocycles. The van der Waals surface area contributed by atoms with E-state index in [0.29, 0.717) is 0 Å². The van der Waals surface area contributed by atoms with Crippen LogP contribution < -0.4 is 5.32 Å². The molecular formula is C13H16N4O3S. The largest absolute Gasteiger partial charge is 0.483 e. The molecule has 0 aliphatic carbocycles. The third-order valence-electron chi connectivity index (χ3n) is 3.20. The van der Waals surface area contributed by atoms with E-state index >= 15 is 0 Å². The fourth-order valence-electron chi connectivity index (χ4n) is 2.29. The molecular weight excluding hydrogens is 292 g/mol. The van der Waals surface area contributed by atoms with Gasteiger partial charge in [-0.05, 0) is 30.8 Å². The number of carbonyl (C=O) groups is 2. The zero-order valence-corrected chi connectivity index (χ0v) is 12.1. The molecule has 21 heavy (non-hydrogen) atoms. The normalized spacial score (nSPS) is 18.1. The van der Waals surface area contributed by atoms with Crippen LogP contribution in [0.25, 0.3) is 11.4 Å². The molecule has 2 aromatic rings. The van der Waals surface area contributed by atoms with Gasteiger partial charge in [0.25, 0.3) is 6.47 Å². The Balaban J connectivity index is 0.000000497. The van der Waals surface area contributed by atoms with Gasteiger partial charge in [0.2, 0.25) is 5.91 Å². The van der Waals surface area contributed by atoms with Crippen LogP contribution in [0.15, 0.2) is 24.0 Å². The van der Waals surface area contributed by atoms with E-state index in [0.717, 1.165) is 37.2 Å². The monoisotopic (exact) mass is 308 g/mol. The van der Waals surface area contributed by atoms with Gasteiger partial charge in [-0.15, -0.1) is 0 Å². The first-order valence-electron chi connectivity index (χ1n) is 6.56. The van der Waals surface area contributed by atoms with E-state index in [1.165, 1.54) is 11.5 Å². The van der Waals surface area contributed by atoms with Gasteiger partial charge in [-0.1, -0.05) is 0 Å². The quantitative estimate of drug-likeness (QED) is 0.820. The summed E-state index contributed by atoms with van der Waals surface area (Å²) in [5, 5.41) is 11.8. The van der Waals surface area contributed by atoms with Crippen LogP contribution in [0.1, 0.15) is 25.3 Å². The molecule has 1 aliphatic rings. The molecule has 1 amide bonds. The molecule has 112 valence electrons. The summed E-state index contributed by atoms with van der Waals surface area (Å²) in [7, 11) is 0. The summed E-state index contributed by atoms with van der Waals surface area (Å²) >= 11 is 1.39. The number of carboxylic acid groups (broad SMARTS) is 1. The van der Waals surface area contributed by atoms with Gasteiger partial charge < -0.3 is 15.0 Å². The van der Waals surface area contributed by atoms with Crippen molar-refractivity contribution in [1.82, 2.24) is 19.2 Å². The SMILES string of the molecule is O=C1NCCCC[C@H]1n1ccnc1-c1cnsc1.O=CO. The predicted octanol–water partition coefficient (Wildman–Crippen LogP) is 1.55. The second-order valence-corrected chi connectivity index (χ2v) is 5.14. The van der Waals surface area contributed by atoms with Gasteiger partial charge in [-0.2, -0.15) is 0 Å². The second-order valence-electron chi connectivity index (χ2n) is 4.48. The van der Waals surface area contributed by atoms with Crippen molar-refractivity contribution in [3.63, 3.8) is 0 Å². The van der Waals surface area contributed by atoms with E-state index in [-0.39, 0.29) is 18.4 Å².